The van der Waals surface area contributed by atoms with Crippen molar-refractivity contribution >= 4 is 34.4 Å². The first kappa shape index (κ1) is 15.8. The Balaban J connectivity index is 1.90. The van der Waals surface area contributed by atoms with Crippen molar-refractivity contribution in [1.29, 1.82) is 0 Å². The maximum atomic E-state index is 12.9. The van der Waals surface area contributed by atoms with Crippen molar-refractivity contribution in [1.82, 2.24) is 9.47 Å². The van der Waals surface area contributed by atoms with E-state index in [-0.39, 0.29) is 18.9 Å². The van der Waals surface area contributed by atoms with Gasteiger partial charge in [-0.15, -0.1) is 0 Å². The van der Waals surface area contributed by atoms with Gasteiger partial charge in [-0.3, -0.25) is 9.59 Å². The number of aromatic nitrogens is 1. The van der Waals surface area contributed by atoms with Crippen molar-refractivity contribution in [2.24, 2.45) is 7.05 Å². The number of nitrogens with zero attached hydrogens (tertiary/aromatic N) is 2. The van der Waals surface area contributed by atoms with Gasteiger partial charge in [0.15, 0.2) is 0 Å². The SMILES string of the molecule is Cn1c(C(=O)N2CCO[C@H](CC(=O)O)C2)c(Cl)c2ccccc21. The van der Waals surface area contributed by atoms with Crippen LogP contribution in [0, 0.1) is 0 Å². The van der Waals surface area contributed by atoms with Crippen LogP contribution in [-0.4, -0.2) is 52.3 Å². The minimum Gasteiger partial charge on any atom is -0.481 e. The number of para-hydroxylation sites is 1. The van der Waals surface area contributed by atoms with Gasteiger partial charge in [-0.25, -0.2) is 0 Å². The Morgan fingerprint density at radius 3 is 2.83 bits per heavy atom. The molecule has 23 heavy (non-hydrogen) atoms. The first-order chi connectivity index (χ1) is 11.0. The highest BCUT2D eigenvalue weighted by Gasteiger charge is 2.30. The van der Waals surface area contributed by atoms with Gasteiger partial charge >= 0.3 is 5.97 Å². The maximum absolute atomic E-state index is 12.9. The fourth-order valence-corrected chi connectivity index (χ4v) is 3.32. The van der Waals surface area contributed by atoms with Crippen LogP contribution in [0.3, 0.4) is 0 Å². The zero-order valence-corrected chi connectivity index (χ0v) is 13.4. The standard InChI is InChI=1S/C16H17ClN2O4/c1-18-12-5-3-2-4-11(12)14(17)15(18)16(22)19-6-7-23-10(9-19)8-13(20)21/h2-5,10H,6-9H2,1H3,(H,20,21)/t10-/m1/s1. The smallest absolute Gasteiger partial charge is 0.306 e. The molecular weight excluding hydrogens is 320 g/mol. The number of carboxylic acids is 1. The first-order valence-corrected chi connectivity index (χ1v) is 7.72. The zero-order valence-electron chi connectivity index (χ0n) is 12.7. The van der Waals surface area contributed by atoms with Crippen molar-refractivity contribution < 1.29 is 19.4 Å². The number of morpholine rings is 1. The van der Waals surface area contributed by atoms with Gasteiger partial charge in [0.1, 0.15) is 5.69 Å². The predicted molar refractivity (Wildman–Crippen MR) is 85.8 cm³/mol. The summed E-state index contributed by atoms with van der Waals surface area (Å²) in [5.74, 6) is -1.14. The number of hydrogen-bond donors (Lipinski definition) is 1. The van der Waals surface area contributed by atoms with Crippen LogP contribution in [0.2, 0.25) is 5.02 Å². The van der Waals surface area contributed by atoms with Gasteiger partial charge in [0, 0.05) is 31.0 Å². The average Bonchev–Trinajstić information content (AvgIpc) is 2.78. The largest absolute Gasteiger partial charge is 0.481 e. The second-order valence-corrected chi connectivity index (χ2v) is 5.96. The highest BCUT2D eigenvalue weighted by molar-refractivity contribution is 6.38. The van der Waals surface area contributed by atoms with Crippen LogP contribution >= 0.6 is 11.6 Å². The van der Waals surface area contributed by atoms with E-state index in [4.69, 9.17) is 21.4 Å². The molecule has 0 saturated carbocycles. The molecule has 2 heterocycles. The molecule has 3 rings (SSSR count). The van der Waals surface area contributed by atoms with Crippen LogP contribution < -0.4 is 0 Å². The van der Waals surface area contributed by atoms with E-state index in [2.05, 4.69) is 0 Å². The van der Waals surface area contributed by atoms with Gasteiger partial charge in [-0.1, -0.05) is 29.8 Å². The topological polar surface area (TPSA) is 71.8 Å². The van der Waals surface area contributed by atoms with E-state index in [1.54, 1.807) is 16.5 Å². The normalized spacial score (nSPS) is 18.3. The molecule has 1 aromatic carbocycles. The third-order valence-electron chi connectivity index (χ3n) is 4.08. The number of carbonyl (C=O) groups is 2. The Bertz CT molecular complexity index is 732. The number of halogens is 1. The second-order valence-electron chi connectivity index (χ2n) is 5.58. The monoisotopic (exact) mass is 336 g/mol. The lowest BCUT2D eigenvalue weighted by atomic mass is 10.2. The average molecular weight is 337 g/mol. The molecule has 1 atom stereocenters. The molecule has 1 aliphatic heterocycles. The number of carboxylic acid groups (broad SMARTS) is 1. The van der Waals surface area contributed by atoms with Gasteiger partial charge in [0.25, 0.3) is 5.91 Å². The lowest BCUT2D eigenvalue weighted by Crippen LogP contribution is -2.46. The lowest BCUT2D eigenvalue weighted by Gasteiger charge is -2.32. The molecule has 2 aromatic rings. The van der Waals surface area contributed by atoms with Crippen LogP contribution in [0.1, 0.15) is 16.9 Å². The van der Waals surface area contributed by atoms with Crippen molar-refractivity contribution in [2.45, 2.75) is 12.5 Å². The number of aliphatic carboxylic acids is 1. The third-order valence-corrected chi connectivity index (χ3v) is 4.46. The van der Waals surface area contributed by atoms with Crippen LogP contribution in [0.25, 0.3) is 10.9 Å². The maximum Gasteiger partial charge on any atom is 0.306 e. The molecule has 1 N–H and O–H groups in total. The minimum absolute atomic E-state index is 0.118. The first-order valence-electron chi connectivity index (χ1n) is 7.34. The van der Waals surface area contributed by atoms with Gasteiger partial charge in [0.2, 0.25) is 0 Å². The van der Waals surface area contributed by atoms with Gasteiger partial charge in [-0.2, -0.15) is 0 Å². The van der Waals surface area contributed by atoms with Crippen molar-refractivity contribution in [2.75, 3.05) is 19.7 Å². The summed E-state index contributed by atoms with van der Waals surface area (Å²) in [5.41, 5.74) is 1.31. The number of fused-ring (bicyclic) bond motifs is 1. The summed E-state index contributed by atoms with van der Waals surface area (Å²) < 4.78 is 7.19. The van der Waals surface area contributed by atoms with E-state index < -0.39 is 12.1 Å². The summed E-state index contributed by atoms with van der Waals surface area (Å²) in [4.78, 5) is 25.3. The third kappa shape index (κ3) is 2.92. The Morgan fingerprint density at radius 1 is 1.39 bits per heavy atom. The van der Waals surface area contributed by atoms with Crippen LogP contribution in [0.5, 0.6) is 0 Å². The molecular formula is C16H17ClN2O4. The Labute approximate surface area is 138 Å². The van der Waals surface area contributed by atoms with E-state index >= 15 is 0 Å². The molecule has 1 aromatic heterocycles. The number of ether oxygens (including phenoxy) is 1. The Kier molecular flexibility index (Phi) is 4.28. The molecule has 0 bridgehead atoms. The molecule has 7 heteroatoms. The summed E-state index contributed by atoms with van der Waals surface area (Å²) in [6, 6.07) is 7.55. The number of hydrogen-bond acceptors (Lipinski definition) is 3. The number of benzene rings is 1. The predicted octanol–water partition coefficient (Wildman–Crippen LogP) is 2.15. The molecule has 122 valence electrons. The summed E-state index contributed by atoms with van der Waals surface area (Å²) in [6.07, 6.45) is -0.606. The highest BCUT2D eigenvalue weighted by Crippen LogP contribution is 2.31. The Morgan fingerprint density at radius 2 is 2.13 bits per heavy atom. The molecule has 0 aliphatic carbocycles. The van der Waals surface area contributed by atoms with Crippen LogP contribution in [0.4, 0.5) is 0 Å². The van der Waals surface area contributed by atoms with E-state index in [0.29, 0.717) is 23.9 Å². The molecule has 0 unspecified atom stereocenters. The van der Waals surface area contributed by atoms with Crippen molar-refractivity contribution in [3.05, 3.63) is 35.0 Å². The molecule has 1 fully saturated rings. The van der Waals surface area contributed by atoms with E-state index in [1.807, 2.05) is 24.3 Å². The van der Waals surface area contributed by atoms with Crippen LogP contribution in [0.15, 0.2) is 24.3 Å². The van der Waals surface area contributed by atoms with Crippen LogP contribution in [-0.2, 0) is 16.6 Å². The van der Waals surface area contributed by atoms with E-state index in [0.717, 1.165) is 10.9 Å². The molecule has 1 amide bonds. The van der Waals surface area contributed by atoms with Gasteiger partial charge < -0.3 is 19.3 Å². The van der Waals surface area contributed by atoms with E-state index in [1.165, 1.54) is 0 Å². The fourth-order valence-electron chi connectivity index (χ4n) is 2.96. The van der Waals surface area contributed by atoms with E-state index in [9.17, 15) is 9.59 Å². The second kappa shape index (κ2) is 6.22. The highest BCUT2D eigenvalue weighted by atomic mass is 35.5. The van der Waals surface area contributed by atoms with Gasteiger partial charge in [0.05, 0.1) is 24.2 Å². The number of amides is 1. The molecule has 0 spiro atoms. The lowest BCUT2D eigenvalue weighted by molar-refractivity contribution is -0.141. The summed E-state index contributed by atoms with van der Waals surface area (Å²) in [7, 11) is 1.80. The number of aryl methyl sites for hydroxylation is 1. The molecule has 0 radical (unpaired) electrons. The summed E-state index contributed by atoms with van der Waals surface area (Å²) >= 11 is 6.40. The van der Waals surface area contributed by atoms with Crippen molar-refractivity contribution in [3.8, 4) is 0 Å². The molecule has 6 nitrogen and oxygen atoms in total. The number of carbonyl (C=O) groups excluding carboxylic acids is 1. The number of rotatable bonds is 3. The summed E-state index contributed by atoms with van der Waals surface area (Å²) in [6.45, 7) is 1.00. The van der Waals surface area contributed by atoms with Gasteiger partial charge in [-0.05, 0) is 6.07 Å². The molecule has 1 saturated heterocycles. The Hall–Kier alpha value is -2.05. The van der Waals surface area contributed by atoms with Crippen molar-refractivity contribution in [3.63, 3.8) is 0 Å². The fraction of sp³-hybridized carbons (Fsp3) is 0.375. The quantitative estimate of drug-likeness (QED) is 0.932. The zero-order chi connectivity index (χ0) is 16.6. The minimum atomic E-state index is -0.938. The summed E-state index contributed by atoms with van der Waals surface area (Å²) in [5, 5.41) is 10.1. The molecule has 1 aliphatic rings.